The van der Waals surface area contributed by atoms with Crippen molar-refractivity contribution in [2.75, 3.05) is 6.61 Å². The van der Waals surface area contributed by atoms with Gasteiger partial charge in [-0.3, -0.25) is 0 Å². The van der Waals surface area contributed by atoms with E-state index in [1.807, 2.05) is 6.92 Å². The molecule has 1 heterocycles. The van der Waals surface area contributed by atoms with Gasteiger partial charge in [-0.25, -0.2) is 14.8 Å². The lowest BCUT2D eigenvalue weighted by Gasteiger charge is -2.08. The Morgan fingerprint density at radius 1 is 1.44 bits per heavy atom. The van der Waals surface area contributed by atoms with Gasteiger partial charge in [0.05, 0.1) is 23.6 Å². The van der Waals surface area contributed by atoms with Crippen LogP contribution in [0.1, 0.15) is 49.6 Å². The molecule has 0 saturated carbocycles. The number of hydrogen-bond acceptors (Lipinski definition) is 5. The zero-order valence-corrected chi connectivity index (χ0v) is 12.2. The fourth-order valence-corrected chi connectivity index (χ4v) is 2.04. The van der Waals surface area contributed by atoms with Gasteiger partial charge in [-0.2, -0.15) is 11.8 Å². The summed E-state index contributed by atoms with van der Waals surface area (Å²) in [7, 11) is 0. The van der Waals surface area contributed by atoms with Crippen LogP contribution in [0.2, 0.25) is 0 Å². The Morgan fingerprint density at radius 3 is 2.72 bits per heavy atom. The van der Waals surface area contributed by atoms with Crippen LogP contribution in [-0.2, 0) is 16.9 Å². The summed E-state index contributed by atoms with van der Waals surface area (Å²) in [6.07, 6.45) is 2.29. The molecule has 0 atom stereocenters. The molecule has 0 amide bonds. The van der Waals surface area contributed by atoms with Crippen LogP contribution in [0.25, 0.3) is 0 Å². The minimum absolute atomic E-state index is 0.336. The van der Waals surface area contributed by atoms with Crippen LogP contribution in [0, 0.1) is 0 Å². The summed E-state index contributed by atoms with van der Waals surface area (Å²) in [6.45, 7) is 8.41. The lowest BCUT2D eigenvalue weighted by molar-refractivity contribution is 0.0524. The molecule has 0 spiro atoms. The molecule has 0 aliphatic rings. The van der Waals surface area contributed by atoms with Gasteiger partial charge in [-0.05, 0) is 18.6 Å². The van der Waals surface area contributed by atoms with E-state index in [1.165, 1.54) is 0 Å². The van der Waals surface area contributed by atoms with E-state index in [0.29, 0.717) is 23.8 Å². The van der Waals surface area contributed by atoms with Crippen molar-refractivity contribution in [2.24, 2.45) is 0 Å². The molecule has 0 radical (unpaired) electrons. The second-order valence-corrected chi connectivity index (χ2v) is 5.65. The summed E-state index contributed by atoms with van der Waals surface area (Å²) in [5.41, 5.74) is 1.25. The Balaban J connectivity index is 2.86. The highest BCUT2D eigenvalue weighted by Gasteiger charge is 2.14. The van der Waals surface area contributed by atoms with Gasteiger partial charge in [0.25, 0.3) is 0 Å². The highest BCUT2D eigenvalue weighted by Crippen LogP contribution is 2.16. The Morgan fingerprint density at radius 2 is 2.17 bits per heavy atom. The fourth-order valence-electron chi connectivity index (χ4n) is 1.42. The number of ether oxygens (including phenoxy) is 1. The van der Waals surface area contributed by atoms with E-state index >= 15 is 0 Å². The number of carbonyl (C=O) groups is 1. The molecule has 1 aromatic rings. The SMILES string of the molecule is CCOC(=O)c1cnc(CSC(C)C)nc1CC. The van der Waals surface area contributed by atoms with Crippen LogP contribution in [0.3, 0.4) is 0 Å². The van der Waals surface area contributed by atoms with Gasteiger partial charge in [0.1, 0.15) is 5.82 Å². The molecule has 0 saturated heterocycles. The molecule has 0 fully saturated rings. The smallest absolute Gasteiger partial charge is 0.341 e. The third-order valence-corrected chi connectivity index (χ3v) is 3.39. The zero-order chi connectivity index (χ0) is 13.5. The highest BCUT2D eigenvalue weighted by atomic mass is 32.2. The van der Waals surface area contributed by atoms with E-state index in [0.717, 1.165) is 17.3 Å². The summed E-state index contributed by atoms with van der Waals surface area (Å²) < 4.78 is 4.98. The minimum atomic E-state index is -0.336. The number of hydrogen-bond donors (Lipinski definition) is 0. The van der Waals surface area contributed by atoms with Gasteiger partial charge in [0.2, 0.25) is 0 Å². The Bertz CT molecular complexity index is 408. The molecule has 0 N–H and O–H groups in total. The van der Waals surface area contributed by atoms with Gasteiger partial charge in [0.15, 0.2) is 0 Å². The Hall–Kier alpha value is -1.10. The monoisotopic (exact) mass is 268 g/mol. The number of thioether (sulfide) groups is 1. The molecule has 0 aliphatic carbocycles. The molecular weight excluding hydrogens is 248 g/mol. The van der Waals surface area contributed by atoms with Crippen LogP contribution in [-0.4, -0.2) is 27.8 Å². The largest absolute Gasteiger partial charge is 0.462 e. The number of esters is 1. The van der Waals surface area contributed by atoms with Gasteiger partial charge < -0.3 is 4.74 Å². The van der Waals surface area contributed by atoms with Crippen molar-refractivity contribution in [2.45, 2.75) is 45.1 Å². The average molecular weight is 268 g/mol. The van der Waals surface area contributed by atoms with E-state index in [9.17, 15) is 4.79 Å². The number of carbonyl (C=O) groups excluding carboxylic acids is 1. The van der Waals surface area contributed by atoms with Crippen molar-refractivity contribution in [3.63, 3.8) is 0 Å². The third kappa shape index (κ3) is 4.29. The molecule has 0 bridgehead atoms. The molecule has 5 heteroatoms. The van der Waals surface area contributed by atoms with E-state index in [1.54, 1.807) is 24.9 Å². The maximum Gasteiger partial charge on any atom is 0.341 e. The third-order valence-electron chi connectivity index (χ3n) is 2.29. The Kier molecular flexibility index (Phi) is 6.12. The van der Waals surface area contributed by atoms with E-state index in [4.69, 9.17) is 4.74 Å². The van der Waals surface area contributed by atoms with Crippen molar-refractivity contribution in [1.82, 2.24) is 9.97 Å². The van der Waals surface area contributed by atoms with Gasteiger partial charge >= 0.3 is 5.97 Å². The van der Waals surface area contributed by atoms with Crippen LogP contribution < -0.4 is 0 Å². The summed E-state index contributed by atoms with van der Waals surface area (Å²) >= 11 is 1.79. The molecule has 4 nitrogen and oxygen atoms in total. The molecule has 0 unspecified atom stereocenters. The summed E-state index contributed by atoms with van der Waals surface area (Å²) in [6, 6.07) is 0. The van der Waals surface area contributed by atoms with Crippen LogP contribution in [0.15, 0.2) is 6.20 Å². The first kappa shape index (κ1) is 15.0. The average Bonchev–Trinajstić information content (AvgIpc) is 2.36. The predicted octanol–water partition coefficient (Wildman–Crippen LogP) is 2.86. The number of aryl methyl sites for hydroxylation is 1. The molecular formula is C13H20N2O2S. The normalized spacial score (nSPS) is 10.7. The zero-order valence-electron chi connectivity index (χ0n) is 11.4. The lowest BCUT2D eigenvalue weighted by atomic mass is 10.2. The number of rotatable bonds is 6. The van der Waals surface area contributed by atoms with Crippen LogP contribution >= 0.6 is 11.8 Å². The number of nitrogens with zero attached hydrogens (tertiary/aromatic N) is 2. The standard InChI is InChI=1S/C13H20N2O2S/c1-5-11-10(13(16)17-6-2)7-14-12(15-11)8-18-9(3)4/h7,9H,5-6,8H2,1-4H3. The van der Waals surface area contributed by atoms with Crippen LogP contribution in [0.4, 0.5) is 0 Å². The first-order valence-corrected chi connectivity index (χ1v) is 7.26. The maximum absolute atomic E-state index is 11.7. The van der Waals surface area contributed by atoms with E-state index < -0.39 is 0 Å². The second kappa shape index (κ2) is 7.36. The molecule has 100 valence electrons. The van der Waals surface area contributed by atoms with Crippen LogP contribution in [0.5, 0.6) is 0 Å². The first-order chi connectivity index (χ1) is 8.58. The van der Waals surface area contributed by atoms with Crippen molar-refractivity contribution in [3.8, 4) is 0 Å². The lowest BCUT2D eigenvalue weighted by Crippen LogP contribution is -2.12. The van der Waals surface area contributed by atoms with E-state index in [-0.39, 0.29) is 5.97 Å². The quantitative estimate of drug-likeness (QED) is 0.743. The molecule has 18 heavy (non-hydrogen) atoms. The second-order valence-electron chi connectivity index (χ2n) is 4.08. The van der Waals surface area contributed by atoms with E-state index in [2.05, 4.69) is 23.8 Å². The maximum atomic E-state index is 11.7. The van der Waals surface area contributed by atoms with Crippen molar-refractivity contribution in [3.05, 3.63) is 23.3 Å². The fraction of sp³-hybridized carbons (Fsp3) is 0.615. The molecule has 1 aromatic heterocycles. The molecule has 1 rings (SSSR count). The van der Waals surface area contributed by atoms with Crippen molar-refractivity contribution >= 4 is 17.7 Å². The summed E-state index contributed by atoms with van der Waals surface area (Å²) in [5, 5.41) is 0.545. The summed E-state index contributed by atoms with van der Waals surface area (Å²) in [4.78, 5) is 20.4. The first-order valence-electron chi connectivity index (χ1n) is 6.22. The summed E-state index contributed by atoms with van der Waals surface area (Å²) in [5.74, 6) is 1.21. The predicted molar refractivity (Wildman–Crippen MR) is 73.8 cm³/mol. The van der Waals surface area contributed by atoms with Gasteiger partial charge in [-0.1, -0.05) is 20.8 Å². The van der Waals surface area contributed by atoms with Crippen molar-refractivity contribution < 1.29 is 9.53 Å². The van der Waals surface area contributed by atoms with Gasteiger partial charge in [-0.15, -0.1) is 0 Å². The Labute approximate surface area is 113 Å². The van der Waals surface area contributed by atoms with Gasteiger partial charge in [0, 0.05) is 6.20 Å². The topological polar surface area (TPSA) is 52.1 Å². The molecule has 0 aliphatic heterocycles. The number of aromatic nitrogens is 2. The molecule has 0 aromatic carbocycles. The highest BCUT2D eigenvalue weighted by molar-refractivity contribution is 7.99. The minimum Gasteiger partial charge on any atom is -0.462 e. The van der Waals surface area contributed by atoms with Crippen molar-refractivity contribution in [1.29, 1.82) is 0 Å².